The first-order chi connectivity index (χ1) is 8.98. The molecule has 19 heavy (non-hydrogen) atoms. The molecule has 1 unspecified atom stereocenters. The van der Waals surface area contributed by atoms with Crippen molar-refractivity contribution in [2.75, 3.05) is 25.1 Å². The second-order valence-corrected chi connectivity index (χ2v) is 5.03. The monoisotopic (exact) mass is 293 g/mol. The number of benzene rings is 1. The van der Waals surface area contributed by atoms with Crippen molar-refractivity contribution in [3.63, 3.8) is 0 Å². The van der Waals surface area contributed by atoms with Crippen LogP contribution in [0.15, 0.2) is 18.2 Å². The molecule has 0 spiro atoms. The van der Waals surface area contributed by atoms with E-state index >= 15 is 0 Å². The Morgan fingerprint density at radius 1 is 1.37 bits per heavy atom. The summed E-state index contributed by atoms with van der Waals surface area (Å²) >= 11 is 5.86. The molecule has 1 aliphatic rings. The number of rotatable bonds is 3. The zero-order chi connectivity index (χ0) is 13.9. The fraction of sp³-hybridized carbons (Fsp3) is 0.538. The summed E-state index contributed by atoms with van der Waals surface area (Å²) in [5, 5.41) is 2.92. The smallest absolute Gasteiger partial charge is 0.383 e. The highest BCUT2D eigenvalue weighted by Crippen LogP contribution is 2.38. The summed E-state index contributed by atoms with van der Waals surface area (Å²) in [5.74, 6) is 0.228. The molecule has 1 saturated heterocycles. The Bertz CT molecular complexity index is 430. The molecule has 1 aromatic rings. The SMILES string of the molecule is FC(F)(F)c1cccc(Cl)c1NCC1CCCOC1. The van der Waals surface area contributed by atoms with Crippen LogP contribution in [0.4, 0.5) is 18.9 Å². The van der Waals surface area contributed by atoms with Gasteiger partial charge in [0.2, 0.25) is 0 Å². The van der Waals surface area contributed by atoms with E-state index in [1.165, 1.54) is 12.1 Å². The molecular formula is C13H15ClF3NO. The van der Waals surface area contributed by atoms with Crippen LogP contribution in [-0.4, -0.2) is 19.8 Å². The van der Waals surface area contributed by atoms with Crippen molar-refractivity contribution in [2.24, 2.45) is 5.92 Å². The Labute approximate surface area is 114 Å². The first kappa shape index (κ1) is 14.5. The average molecular weight is 294 g/mol. The van der Waals surface area contributed by atoms with Crippen molar-refractivity contribution in [3.05, 3.63) is 28.8 Å². The summed E-state index contributed by atoms with van der Waals surface area (Å²) in [6.07, 6.45) is -2.50. The number of para-hydroxylation sites is 1. The molecule has 0 saturated carbocycles. The van der Waals surface area contributed by atoms with Crippen LogP contribution < -0.4 is 5.32 Å². The van der Waals surface area contributed by atoms with Gasteiger partial charge < -0.3 is 10.1 Å². The molecule has 0 amide bonds. The minimum Gasteiger partial charge on any atom is -0.383 e. The molecule has 106 valence electrons. The fourth-order valence-electron chi connectivity index (χ4n) is 2.15. The molecule has 1 fully saturated rings. The summed E-state index contributed by atoms with van der Waals surface area (Å²) in [6, 6.07) is 3.79. The predicted molar refractivity (Wildman–Crippen MR) is 68.5 cm³/mol. The summed E-state index contributed by atoms with van der Waals surface area (Å²) in [6.45, 7) is 1.75. The van der Waals surface area contributed by atoms with E-state index in [-0.39, 0.29) is 16.6 Å². The van der Waals surface area contributed by atoms with Crippen LogP contribution in [0.1, 0.15) is 18.4 Å². The van der Waals surface area contributed by atoms with E-state index in [9.17, 15) is 13.2 Å². The van der Waals surface area contributed by atoms with Gasteiger partial charge in [0.25, 0.3) is 0 Å². The maximum Gasteiger partial charge on any atom is 0.418 e. The molecule has 1 heterocycles. The van der Waals surface area contributed by atoms with Gasteiger partial charge in [0.1, 0.15) is 0 Å². The third-order valence-electron chi connectivity index (χ3n) is 3.14. The van der Waals surface area contributed by atoms with Crippen LogP contribution in [0.3, 0.4) is 0 Å². The van der Waals surface area contributed by atoms with Crippen molar-refractivity contribution >= 4 is 17.3 Å². The third-order valence-corrected chi connectivity index (χ3v) is 3.46. The van der Waals surface area contributed by atoms with Gasteiger partial charge in [-0.2, -0.15) is 13.2 Å². The summed E-state index contributed by atoms with van der Waals surface area (Å²) in [5.41, 5.74) is -0.765. The lowest BCUT2D eigenvalue weighted by molar-refractivity contribution is -0.136. The van der Waals surface area contributed by atoms with Crippen molar-refractivity contribution in [1.82, 2.24) is 0 Å². The van der Waals surface area contributed by atoms with Crippen molar-refractivity contribution in [1.29, 1.82) is 0 Å². The molecule has 1 aliphatic heterocycles. The predicted octanol–water partition coefficient (Wildman–Crippen LogP) is 4.20. The highest BCUT2D eigenvalue weighted by molar-refractivity contribution is 6.33. The van der Waals surface area contributed by atoms with Gasteiger partial charge in [0, 0.05) is 13.2 Å². The average Bonchev–Trinajstić information content (AvgIpc) is 2.37. The Morgan fingerprint density at radius 3 is 2.79 bits per heavy atom. The number of halogens is 4. The largest absolute Gasteiger partial charge is 0.418 e. The summed E-state index contributed by atoms with van der Waals surface area (Å²) in [7, 11) is 0. The topological polar surface area (TPSA) is 21.3 Å². The lowest BCUT2D eigenvalue weighted by Gasteiger charge is -2.24. The quantitative estimate of drug-likeness (QED) is 0.902. The standard InChI is InChI=1S/C13H15ClF3NO/c14-11-5-1-4-10(13(15,16)17)12(11)18-7-9-3-2-6-19-8-9/h1,4-5,9,18H,2-3,6-8H2. The van der Waals surface area contributed by atoms with Crippen LogP contribution in [0.25, 0.3) is 0 Å². The second kappa shape index (κ2) is 6.01. The molecule has 0 radical (unpaired) electrons. The zero-order valence-corrected chi connectivity index (χ0v) is 11.0. The third kappa shape index (κ3) is 3.76. The van der Waals surface area contributed by atoms with E-state index in [0.717, 1.165) is 25.5 Å². The minimum absolute atomic E-state index is 0.0396. The minimum atomic E-state index is -4.41. The van der Waals surface area contributed by atoms with Gasteiger partial charge in [-0.05, 0) is 30.9 Å². The molecule has 6 heteroatoms. The lowest BCUT2D eigenvalue weighted by Crippen LogP contribution is -2.25. The molecular weight excluding hydrogens is 279 g/mol. The van der Waals surface area contributed by atoms with Gasteiger partial charge in [-0.3, -0.25) is 0 Å². The Morgan fingerprint density at radius 2 is 2.16 bits per heavy atom. The lowest BCUT2D eigenvalue weighted by atomic mass is 10.0. The first-order valence-corrected chi connectivity index (χ1v) is 6.53. The summed E-state index contributed by atoms with van der Waals surface area (Å²) in [4.78, 5) is 0. The van der Waals surface area contributed by atoms with Crippen LogP contribution in [0.2, 0.25) is 5.02 Å². The molecule has 2 nitrogen and oxygen atoms in total. The van der Waals surface area contributed by atoms with Crippen LogP contribution in [-0.2, 0) is 10.9 Å². The number of alkyl halides is 3. The van der Waals surface area contributed by atoms with Crippen molar-refractivity contribution in [3.8, 4) is 0 Å². The number of nitrogens with one attached hydrogen (secondary N) is 1. The highest BCUT2D eigenvalue weighted by atomic mass is 35.5. The van der Waals surface area contributed by atoms with Gasteiger partial charge in [-0.15, -0.1) is 0 Å². The maximum atomic E-state index is 12.9. The number of ether oxygens (including phenoxy) is 1. The maximum absolute atomic E-state index is 12.9. The van der Waals surface area contributed by atoms with Gasteiger partial charge in [-0.25, -0.2) is 0 Å². The van der Waals surface area contributed by atoms with Crippen molar-refractivity contribution < 1.29 is 17.9 Å². The van der Waals surface area contributed by atoms with E-state index < -0.39 is 11.7 Å². The van der Waals surface area contributed by atoms with Crippen molar-refractivity contribution in [2.45, 2.75) is 19.0 Å². The van der Waals surface area contributed by atoms with E-state index in [1.807, 2.05) is 0 Å². The van der Waals surface area contributed by atoms with Gasteiger partial charge >= 0.3 is 6.18 Å². The van der Waals surface area contributed by atoms with E-state index in [1.54, 1.807) is 0 Å². The first-order valence-electron chi connectivity index (χ1n) is 6.16. The van der Waals surface area contributed by atoms with E-state index in [0.29, 0.717) is 13.2 Å². The molecule has 2 rings (SSSR count). The van der Waals surface area contributed by atoms with Crippen LogP contribution in [0, 0.1) is 5.92 Å². The highest BCUT2D eigenvalue weighted by Gasteiger charge is 2.34. The van der Waals surface area contributed by atoms with E-state index in [2.05, 4.69) is 5.32 Å². The molecule has 1 atom stereocenters. The van der Waals surface area contributed by atoms with Crippen LogP contribution >= 0.6 is 11.6 Å². The van der Waals surface area contributed by atoms with Gasteiger partial charge in [0.05, 0.1) is 22.9 Å². The van der Waals surface area contributed by atoms with Gasteiger partial charge in [-0.1, -0.05) is 17.7 Å². The molecule has 0 aliphatic carbocycles. The number of hydrogen-bond acceptors (Lipinski definition) is 2. The number of anilines is 1. The molecule has 1 aromatic carbocycles. The molecule has 1 N–H and O–H groups in total. The van der Waals surface area contributed by atoms with Gasteiger partial charge in [0.15, 0.2) is 0 Å². The Hall–Kier alpha value is -0.940. The normalized spacial score (nSPS) is 20.3. The second-order valence-electron chi connectivity index (χ2n) is 4.62. The Kier molecular flexibility index (Phi) is 4.58. The Balaban J connectivity index is 2.10. The molecule has 0 bridgehead atoms. The van der Waals surface area contributed by atoms with E-state index in [4.69, 9.17) is 16.3 Å². The number of hydrogen-bond donors (Lipinski definition) is 1. The fourth-order valence-corrected chi connectivity index (χ4v) is 2.40. The molecule has 0 aromatic heterocycles. The summed E-state index contributed by atoms with van der Waals surface area (Å²) < 4.78 is 43.9. The zero-order valence-electron chi connectivity index (χ0n) is 10.3. The van der Waals surface area contributed by atoms with Crippen LogP contribution in [0.5, 0.6) is 0 Å².